The highest BCUT2D eigenvalue weighted by Crippen LogP contribution is 2.38. The fraction of sp³-hybridized carbons (Fsp3) is 0.667. The van der Waals surface area contributed by atoms with Gasteiger partial charge in [-0.25, -0.2) is 4.98 Å². The van der Waals surface area contributed by atoms with Crippen LogP contribution in [0, 0.1) is 0 Å². The van der Waals surface area contributed by atoms with Gasteiger partial charge in [0.1, 0.15) is 12.0 Å². The molecule has 0 radical (unpaired) electrons. The second kappa shape index (κ2) is 5.83. The van der Waals surface area contributed by atoms with Crippen LogP contribution in [0.3, 0.4) is 0 Å². The van der Waals surface area contributed by atoms with Gasteiger partial charge >= 0.3 is 0 Å². The lowest BCUT2D eigenvalue weighted by atomic mass is 10.2. The first-order valence-corrected chi connectivity index (χ1v) is 10.3. The Kier molecular flexibility index (Phi) is 4.51. The van der Waals surface area contributed by atoms with Gasteiger partial charge in [0, 0.05) is 25.8 Å². The van der Waals surface area contributed by atoms with Crippen LogP contribution >= 0.6 is 0 Å². The number of hydrogen-bond donors (Lipinski definition) is 1. The van der Waals surface area contributed by atoms with E-state index in [0.717, 1.165) is 25.5 Å². The minimum atomic E-state index is -1.78. The molecule has 1 aromatic heterocycles. The average molecular weight is 293 g/mol. The summed E-state index contributed by atoms with van der Waals surface area (Å²) in [5.74, 6) is 1.01. The first-order chi connectivity index (χ1) is 9.31. The molecule has 1 aliphatic rings. The van der Waals surface area contributed by atoms with Crippen molar-refractivity contribution in [2.24, 2.45) is 0 Å². The third-order valence-electron chi connectivity index (χ3n) is 4.38. The Morgan fingerprint density at radius 2 is 2.10 bits per heavy atom. The van der Waals surface area contributed by atoms with Gasteiger partial charge < -0.3 is 14.6 Å². The van der Waals surface area contributed by atoms with E-state index in [4.69, 9.17) is 4.43 Å². The van der Waals surface area contributed by atoms with Crippen molar-refractivity contribution < 1.29 is 4.43 Å². The Labute approximate surface area is 123 Å². The molecule has 0 saturated carbocycles. The maximum Gasteiger partial charge on any atom is 0.194 e. The van der Waals surface area contributed by atoms with Crippen molar-refractivity contribution in [2.75, 3.05) is 24.5 Å². The number of rotatable bonds is 3. The van der Waals surface area contributed by atoms with Crippen molar-refractivity contribution in [3.05, 3.63) is 24.4 Å². The Morgan fingerprint density at radius 3 is 2.70 bits per heavy atom. The van der Waals surface area contributed by atoms with Crippen molar-refractivity contribution in [3.8, 4) is 0 Å². The molecule has 1 aromatic rings. The monoisotopic (exact) mass is 293 g/mol. The van der Waals surface area contributed by atoms with Gasteiger partial charge in [0.2, 0.25) is 0 Å². The van der Waals surface area contributed by atoms with Crippen molar-refractivity contribution in [1.82, 2.24) is 10.3 Å². The van der Waals surface area contributed by atoms with E-state index in [1.54, 1.807) is 0 Å². The maximum absolute atomic E-state index is 6.57. The molecule has 1 atom stereocenters. The quantitative estimate of drug-likeness (QED) is 0.870. The van der Waals surface area contributed by atoms with Gasteiger partial charge in [0.05, 0.1) is 0 Å². The van der Waals surface area contributed by atoms with Crippen molar-refractivity contribution in [1.29, 1.82) is 0 Å². The molecule has 0 aliphatic carbocycles. The Morgan fingerprint density at radius 1 is 1.35 bits per heavy atom. The third-order valence-corrected chi connectivity index (χ3v) is 8.85. The molecule has 20 heavy (non-hydrogen) atoms. The van der Waals surface area contributed by atoms with Gasteiger partial charge in [-0.2, -0.15) is 0 Å². The lowest BCUT2D eigenvalue weighted by Gasteiger charge is -2.45. The summed E-state index contributed by atoms with van der Waals surface area (Å²) >= 11 is 0. The summed E-state index contributed by atoms with van der Waals surface area (Å²) in [7, 11) is -1.78. The summed E-state index contributed by atoms with van der Waals surface area (Å²) in [6.45, 7) is 14.2. The number of nitrogens with one attached hydrogen (secondary N) is 1. The minimum absolute atomic E-state index is 0.0829. The van der Waals surface area contributed by atoms with Crippen LogP contribution in [0.2, 0.25) is 18.1 Å². The normalized spacial score (nSPS) is 21.1. The Bertz CT molecular complexity index is 430. The van der Waals surface area contributed by atoms with Gasteiger partial charge in [0.25, 0.3) is 0 Å². The van der Waals surface area contributed by atoms with Crippen LogP contribution in [0.25, 0.3) is 0 Å². The summed E-state index contributed by atoms with van der Waals surface area (Å²) < 4.78 is 6.57. The molecule has 2 rings (SSSR count). The lowest BCUT2D eigenvalue weighted by molar-refractivity contribution is 0.157. The van der Waals surface area contributed by atoms with Crippen LogP contribution in [0.5, 0.6) is 0 Å². The van der Waals surface area contributed by atoms with Crippen molar-refractivity contribution >= 4 is 14.1 Å². The first-order valence-electron chi connectivity index (χ1n) is 7.37. The van der Waals surface area contributed by atoms with Gasteiger partial charge in [-0.15, -0.1) is 0 Å². The van der Waals surface area contributed by atoms with Gasteiger partial charge in [0.15, 0.2) is 8.32 Å². The van der Waals surface area contributed by atoms with E-state index in [2.05, 4.69) is 55.1 Å². The zero-order chi connectivity index (χ0) is 14.8. The molecule has 1 aliphatic heterocycles. The van der Waals surface area contributed by atoms with E-state index >= 15 is 0 Å². The topological polar surface area (TPSA) is 37.4 Å². The molecule has 0 bridgehead atoms. The lowest BCUT2D eigenvalue weighted by Crippen LogP contribution is -2.58. The number of hydrogen-bond acceptors (Lipinski definition) is 4. The van der Waals surface area contributed by atoms with Crippen LogP contribution in [0.15, 0.2) is 24.4 Å². The molecule has 0 aromatic carbocycles. The standard InChI is InChI=1S/C15H27N3OSi/c1-15(2,3)20(4,5)19-14-12-16-10-11-18(14)13-8-6-7-9-17-13/h6-9,14,16H,10-12H2,1-5H3/t14-/m1/s1. The van der Waals surface area contributed by atoms with Crippen molar-refractivity contribution in [2.45, 2.75) is 45.1 Å². The summed E-state index contributed by atoms with van der Waals surface area (Å²) in [4.78, 5) is 6.77. The number of aromatic nitrogens is 1. The summed E-state index contributed by atoms with van der Waals surface area (Å²) in [6, 6.07) is 6.05. The highest BCUT2D eigenvalue weighted by molar-refractivity contribution is 6.74. The molecule has 0 amide bonds. The molecule has 5 heteroatoms. The fourth-order valence-electron chi connectivity index (χ4n) is 2.09. The second-order valence-corrected chi connectivity index (χ2v) is 11.7. The third kappa shape index (κ3) is 3.40. The largest absolute Gasteiger partial charge is 0.396 e. The summed E-state index contributed by atoms with van der Waals surface area (Å²) in [6.07, 6.45) is 1.93. The van der Waals surface area contributed by atoms with Crippen LogP contribution < -0.4 is 10.2 Å². The number of nitrogens with zero attached hydrogens (tertiary/aromatic N) is 2. The Balaban J connectivity index is 2.16. The first kappa shape index (κ1) is 15.5. The van der Waals surface area contributed by atoms with E-state index in [1.165, 1.54) is 0 Å². The number of piperazine rings is 1. The molecule has 4 nitrogen and oxygen atoms in total. The number of pyridine rings is 1. The zero-order valence-corrected chi connectivity index (χ0v) is 14.3. The van der Waals surface area contributed by atoms with Crippen LogP contribution in [0.4, 0.5) is 5.82 Å². The van der Waals surface area contributed by atoms with Gasteiger partial charge in [-0.05, 0) is 30.3 Å². The SMILES string of the molecule is CC(C)(C)[Si](C)(C)O[C@@H]1CNCCN1c1ccccn1. The van der Waals surface area contributed by atoms with E-state index in [1.807, 2.05) is 18.3 Å². The molecular weight excluding hydrogens is 266 g/mol. The fourth-order valence-corrected chi connectivity index (χ4v) is 3.33. The predicted octanol–water partition coefficient (Wildman–Crippen LogP) is 2.84. The molecule has 1 fully saturated rings. The maximum atomic E-state index is 6.57. The van der Waals surface area contributed by atoms with Crippen LogP contribution in [-0.4, -0.2) is 39.2 Å². The van der Waals surface area contributed by atoms with Crippen molar-refractivity contribution in [3.63, 3.8) is 0 Å². The predicted molar refractivity (Wildman–Crippen MR) is 86.5 cm³/mol. The molecule has 2 heterocycles. The van der Waals surface area contributed by atoms with Gasteiger partial charge in [-0.3, -0.25) is 0 Å². The molecule has 0 spiro atoms. The van der Waals surface area contributed by atoms with E-state index in [-0.39, 0.29) is 11.3 Å². The molecular formula is C15H27N3OSi. The van der Waals surface area contributed by atoms with Crippen LogP contribution in [0.1, 0.15) is 20.8 Å². The van der Waals surface area contributed by atoms with Crippen LogP contribution in [-0.2, 0) is 4.43 Å². The van der Waals surface area contributed by atoms with Gasteiger partial charge in [-0.1, -0.05) is 26.8 Å². The molecule has 0 unspecified atom stereocenters. The second-order valence-electron chi connectivity index (χ2n) is 6.92. The Hall–Kier alpha value is -0.913. The zero-order valence-electron chi connectivity index (χ0n) is 13.3. The summed E-state index contributed by atoms with van der Waals surface area (Å²) in [5, 5.41) is 3.66. The highest BCUT2D eigenvalue weighted by Gasteiger charge is 2.41. The minimum Gasteiger partial charge on any atom is -0.396 e. The van der Waals surface area contributed by atoms with E-state index in [0.29, 0.717) is 0 Å². The molecule has 112 valence electrons. The average Bonchev–Trinajstić information content (AvgIpc) is 2.38. The smallest absolute Gasteiger partial charge is 0.194 e. The number of anilines is 1. The summed E-state index contributed by atoms with van der Waals surface area (Å²) in [5.41, 5.74) is 0. The molecule has 1 saturated heterocycles. The highest BCUT2D eigenvalue weighted by atomic mass is 28.4. The van der Waals surface area contributed by atoms with E-state index in [9.17, 15) is 0 Å². The van der Waals surface area contributed by atoms with E-state index < -0.39 is 8.32 Å². The molecule has 1 N–H and O–H groups in total.